The van der Waals surface area contributed by atoms with Crippen molar-refractivity contribution in [2.45, 2.75) is 65.0 Å². The zero-order chi connectivity index (χ0) is 14.5. The first-order chi connectivity index (χ1) is 8.80. The van der Waals surface area contributed by atoms with Crippen LogP contribution in [0.25, 0.3) is 0 Å². The Morgan fingerprint density at radius 1 is 1.21 bits per heavy atom. The molecule has 19 heavy (non-hydrogen) atoms. The van der Waals surface area contributed by atoms with Crippen LogP contribution in [0.2, 0.25) is 0 Å². The predicted molar refractivity (Wildman–Crippen MR) is 75.5 cm³/mol. The molecule has 5 heteroatoms. The summed E-state index contributed by atoms with van der Waals surface area (Å²) >= 11 is 0. The third kappa shape index (κ3) is 5.59. The van der Waals surface area contributed by atoms with Gasteiger partial charge in [0.25, 0.3) is 0 Å². The number of carbonyl (C=O) groups is 2. The lowest BCUT2D eigenvalue weighted by atomic mass is 9.87. The molecule has 1 rings (SSSR count). The van der Waals surface area contributed by atoms with Gasteiger partial charge in [0.05, 0.1) is 12.6 Å². The lowest BCUT2D eigenvalue weighted by Crippen LogP contribution is -2.51. The van der Waals surface area contributed by atoms with E-state index in [-0.39, 0.29) is 29.8 Å². The van der Waals surface area contributed by atoms with Crippen molar-refractivity contribution in [3.63, 3.8) is 0 Å². The molecule has 0 radical (unpaired) electrons. The molecule has 1 atom stereocenters. The van der Waals surface area contributed by atoms with Gasteiger partial charge in [-0.1, -0.05) is 40.0 Å². The minimum atomic E-state index is -0.602. The Balaban J connectivity index is 2.27. The van der Waals surface area contributed by atoms with Crippen molar-refractivity contribution in [2.24, 2.45) is 11.1 Å². The summed E-state index contributed by atoms with van der Waals surface area (Å²) in [6, 6.07) is -0.329. The molecule has 0 spiro atoms. The van der Waals surface area contributed by atoms with Gasteiger partial charge in [-0.05, 0) is 18.3 Å². The number of amides is 2. The third-order valence-corrected chi connectivity index (χ3v) is 3.61. The molecule has 1 saturated carbocycles. The fraction of sp³-hybridized carbons (Fsp3) is 0.857. The first kappa shape index (κ1) is 16.0. The zero-order valence-corrected chi connectivity index (χ0v) is 12.3. The number of carbonyl (C=O) groups excluding carboxylic acids is 2. The standard InChI is InChI=1S/C14H27N3O2/c1-14(2,3)12(15)13(19)16-9-11(18)17-10-7-5-4-6-8-10/h10,12H,4-9,15H2,1-3H3,(H,16,19)(H,17,18)/t12-/m1/s1. The smallest absolute Gasteiger partial charge is 0.239 e. The molecule has 0 aromatic carbocycles. The van der Waals surface area contributed by atoms with E-state index in [1.54, 1.807) is 0 Å². The van der Waals surface area contributed by atoms with Crippen LogP contribution >= 0.6 is 0 Å². The highest BCUT2D eigenvalue weighted by molar-refractivity contribution is 5.87. The summed E-state index contributed by atoms with van der Waals surface area (Å²) in [5.74, 6) is -0.396. The Morgan fingerprint density at radius 2 is 1.79 bits per heavy atom. The minimum absolute atomic E-state index is 0.0130. The number of rotatable bonds is 4. The van der Waals surface area contributed by atoms with Gasteiger partial charge in [0.15, 0.2) is 0 Å². The molecule has 0 aromatic heterocycles. The van der Waals surface area contributed by atoms with Crippen LogP contribution in [0.4, 0.5) is 0 Å². The van der Waals surface area contributed by atoms with Gasteiger partial charge < -0.3 is 16.4 Å². The average Bonchev–Trinajstić information content (AvgIpc) is 2.35. The Hall–Kier alpha value is -1.10. The number of hydrogen-bond donors (Lipinski definition) is 3. The quantitative estimate of drug-likeness (QED) is 0.709. The van der Waals surface area contributed by atoms with Gasteiger partial charge in [-0.15, -0.1) is 0 Å². The Labute approximate surface area is 115 Å². The fourth-order valence-electron chi connectivity index (χ4n) is 2.20. The Bertz CT molecular complexity index is 317. The van der Waals surface area contributed by atoms with Gasteiger partial charge in [0, 0.05) is 6.04 Å². The van der Waals surface area contributed by atoms with Crippen LogP contribution in [0.1, 0.15) is 52.9 Å². The largest absolute Gasteiger partial charge is 0.352 e. The van der Waals surface area contributed by atoms with Crippen molar-refractivity contribution in [3.05, 3.63) is 0 Å². The molecule has 4 N–H and O–H groups in total. The molecular weight excluding hydrogens is 242 g/mol. The highest BCUT2D eigenvalue weighted by atomic mass is 16.2. The van der Waals surface area contributed by atoms with Crippen LogP contribution in [0.3, 0.4) is 0 Å². The topological polar surface area (TPSA) is 84.2 Å². The van der Waals surface area contributed by atoms with Gasteiger partial charge in [-0.3, -0.25) is 9.59 Å². The molecule has 1 fully saturated rings. The van der Waals surface area contributed by atoms with Crippen molar-refractivity contribution < 1.29 is 9.59 Å². The minimum Gasteiger partial charge on any atom is -0.352 e. The highest BCUT2D eigenvalue weighted by Gasteiger charge is 2.27. The molecule has 0 unspecified atom stereocenters. The summed E-state index contributed by atoms with van der Waals surface area (Å²) < 4.78 is 0. The van der Waals surface area contributed by atoms with E-state index in [1.165, 1.54) is 19.3 Å². The summed E-state index contributed by atoms with van der Waals surface area (Å²) in [5.41, 5.74) is 5.52. The Morgan fingerprint density at radius 3 is 2.32 bits per heavy atom. The van der Waals surface area contributed by atoms with E-state index in [0.29, 0.717) is 0 Å². The van der Waals surface area contributed by atoms with E-state index in [9.17, 15) is 9.59 Å². The van der Waals surface area contributed by atoms with Crippen LogP contribution in [0, 0.1) is 5.41 Å². The van der Waals surface area contributed by atoms with Gasteiger partial charge in [-0.2, -0.15) is 0 Å². The SMILES string of the molecule is CC(C)(C)[C@H](N)C(=O)NCC(=O)NC1CCCCC1. The summed E-state index contributed by atoms with van der Waals surface area (Å²) in [6.07, 6.45) is 5.68. The summed E-state index contributed by atoms with van der Waals surface area (Å²) in [4.78, 5) is 23.5. The number of nitrogens with two attached hydrogens (primary N) is 1. The second-order valence-corrected chi connectivity index (χ2v) is 6.46. The van der Waals surface area contributed by atoms with Crippen LogP contribution in [0.5, 0.6) is 0 Å². The lowest BCUT2D eigenvalue weighted by Gasteiger charge is -2.26. The van der Waals surface area contributed by atoms with Gasteiger partial charge in [-0.25, -0.2) is 0 Å². The monoisotopic (exact) mass is 269 g/mol. The van der Waals surface area contributed by atoms with E-state index >= 15 is 0 Å². The summed E-state index contributed by atoms with van der Waals surface area (Å²) in [7, 11) is 0. The van der Waals surface area contributed by atoms with Gasteiger partial charge in [0.2, 0.25) is 11.8 Å². The molecule has 0 heterocycles. The third-order valence-electron chi connectivity index (χ3n) is 3.61. The molecule has 0 aliphatic heterocycles. The van der Waals surface area contributed by atoms with E-state index in [0.717, 1.165) is 12.8 Å². The summed E-state index contributed by atoms with van der Waals surface area (Å²) in [5, 5.41) is 5.56. The molecular formula is C14H27N3O2. The molecule has 2 amide bonds. The normalized spacial score (nSPS) is 18.7. The van der Waals surface area contributed by atoms with Gasteiger partial charge >= 0.3 is 0 Å². The summed E-state index contributed by atoms with van der Waals surface area (Å²) in [6.45, 7) is 5.72. The maximum absolute atomic E-state index is 11.8. The van der Waals surface area contributed by atoms with Crippen molar-refractivity contribution in [1.82, 2.24) is 10.6 Å². The van der Waals surface area contributed by atoms with Crippen molar-refractivity contribution in [3.8, 4) is 0 Å². The van der Waals surface area contributed by atoms with Crippen molar-refractivity contribution >= 4 is 11.8 Å². The maximum atomic E-state index is 11.8. The first-order valence-corrected chi connectivity index (χ1v) is 7.13. The molecule has 5 nitrogen and oxygen atoms in total. The van der Waals surface area contributed by atoms with Crippen LogP contribution in [-0.2, 0) is 9.59 Å². The number of nitrogens with one attached hydrogen (secondary N) is 2. The predicted octanol–water partition coefficient (Wildman–Crippen LogP) is 0.925. The molecule has 1 aliphatic rings. The van der Waals surface area contributed by atoms with Crippen LogP contribution < -0.4 is 16.4 Å². The number of hydrogen-bond acceptors (Lipinski definition) is 3. The van der Waals surface area contributed by atoms with Crippen molar-refractivity contribution in [2.75, 3.05) is 6.54 Å². The van der Waals surface area contributed by atoms with Gasteiger partial charge in [0.1, 0.15) is 0 Å². The molecule has 0 saturated heterocycles. The lowest BCUT2D eigenvalue weighted by molar-refractivity contribution is -0.128. The van der Waals surface area contributed by atoms with E-state index in [2.05, 4.69) is 10.6 Å². The van der Waals surface area contributed by atoms with Crippen molar-refractivity contribution in [1.29, 1.82) is 0 Å². The first-order valence-electron chi connectivity index (χ1n) is 7.13. The fourth-order valence-corrected chi connectivity index (χ4v) is 2.20. The maximum Gasteiger partial charge on any atom is 0.239 e. The highest BCUT2D eigenvalue weighted by Crippen LogP contribution is 2.18. The molecule has 110 valence electrons. The van der Waals surface area contributed by atoms with Crippen LogP contribution in [-0.4, -0.2) is 30.4 Å². The average molecular weight is 269 g/mol. The second kappa shape index (κ2) is 6.89. The van der Waals surface area contributed by atoms with Crippen LogP contribution in [0.15, 0.2) is 0 Å². The Kier molecular flexibility index (Phi) is 5.79. The second-order valence-electron chi connectivity index (χ2n) is 6.46. The van der Waals surface area contributed by atoms with E-state index in [1.807, 2.05) is 20.8 Å². The van der Waals surface area contributed by atoms with E-state index in [4.69, 9.17) is 5.73 Å². The molecule has 0 aromatic rings. The molecule has 0 bridgehead atoms. The zero-order valence-electron chi connectivity index (χ0n) is 12.3. The van der Waals surface area contributed by atoms with E-state index < -0.39 is 6.04 Å². The molecule has 1 aliphatic carbocycles.